The van der Waals surface area contributed by atoms with Crippen molar-refractivity contribution in [3.05, 3.63) is 0 Å². The van der Waals surface area contributed by atoms with Crippen molar-refractivity contribution in [2.24, 2.45) is 0 Å². The van der Waals surface area contributed by atoms with Gasteiger partial charge in [-0.05, 0) is 20.8 Å². The molecule has 0 aliphatic heterocycles. The zero-order chi connectivity index (χ0) is 11.4. The van der Waals surface area contributed by atoms with E-state index in [4.69, 9.17) is 5.11 Å². The summed E-state index contributed by atoms with van der Waals surface area (Å²) in [5.74, 6) is -0.928. The van der Waals surface area contributed by atoms with Gasteiger partial charge in [-0.3, -0.25) is 4.79 Å². The number of hydrogen-bond acceptors (Lipinski definition) is 3. The number of carboxylic acids is 1. The summed E-state index contributed by atoms with van der Waals surface area (Å²) in [6.07, 6.45) is -0.578. The number of carbonyl (C=O) groups is 2. The van der Waals surface area contributed by atoms with Crippen LogP contribution in [0.1, 0.15) is 27.2 Å². The number of ether oxygens (including phenoxy) is 1. The summed E-state index contributed by atoms with van der Waals surface area (Å²) in [6, 6.07) is 0. The van der Waals surface area contributed by atoms with Crippen LogP contribution in [0.15, 0.2) is 0 Å². The molecule has 0 fully saturated rings. The van der Waals surface area contributed by atoms with E-state index in [0.717, 1.165) is 0 Å². The van der Waals surface area contributed by atoms with E-state index < -0.39 is 17.6 Å². The second-order valence-corrected chi connectivity index (χ2v) is 3.94. The van der Waals surface area contributed by atoms with Gasteiger partial charge >= 0.3 is 12.1 Å². The van der Waals surface area contributed by atoms with Crippen LogP contribution in [0, 0.1) is 0 Å². The van der Waals surface area contributed by atoms with Gasteiger partial charge in [0, 0.05) is 12.1 Å². The average molecular weight is 203 g/mol. The Bertz CT molecular complexity index is 219. The van der Waals surface area contributed by atoms with Gasteiger partial charge in [-0.1, -0.05) is 0 Å². The van der Waals surface area contributed by atoms with E-state index in [1.807, 2.05) is 20.8 Å². The second kappa shape index (κ2) is 4.83. The molecule has 5 heteroatoms. The molecular weight excluding hydrogens is 186 g/mol. The molecule has 1 amide bonds. The molecule has 0 atom stereocenters. The molecule has 0 heterocycles. The highest BCUT2D eigenvalue weighted by atomic mass is 16.5. The zero-order valence-corrected chi connectivity index (χ0v) is 9.03. The van der Waals surface area contributed by atoms with Crippen molar-refractivity contribution in [1.82, 2.24) is 4.90 Å². The molecular formula is C9H17NO4. The largest absolute Gasteiger partial charge is 0.481 e. The van der Waals surface area contributed by atoms with Gasteiger partial charge in [-0.25, -0.2) is 4.79 Å². The lowest BCUT2D eigenvalue weighted by atomic mass is 10.1. The molecule has 1 N–H and O–H groups in total. The summed E-state index contributed by atoms with van der Waals surface area (Å²) in [7, 11) is 1.28. The van der Waals surface area contributed by atoms with E-state index in [-0.39, 0.29) is 13.0 Å². The first-order chi connectivity index (χ1) is 6.29. The summed E-state index contributed by atoms with van der Waals surface area (Å²) in [5, 5.41) is 8.50. The number of nitrogens with zero attached hydrogens (tertiary/aromatic N) is 1. The molecule has 14 heavy (non-hydrogen) atoms. The van der Waals surface area contributed by atoms with Gasteiger partial charge < -0.3 is 14.7 Å². The van der Waals surface area contributed by atoms with Gasteiger partial charge in [-0.2, -0.15) is 0 Å². The molecule has 0 aromatic rings. The summed E-state index contributed by atoms with van der Waals surface area (Å²) in [6.45, 7) is 5.63. The molecule has 0 rings (SSSR count). The van der Waals surface area contributed by atoms with Crippen LogP contribution in [-0.2, 0) is 9.53 Å². The number of hydrogen-bond donors (Lipinski definition) is 1. The van der Waals surface area contributed by atoms with Gasteiger partial charge in [0.2, 0.25) is 0 Å². The quantitative estimate of drug-likeness (QED) is 0.751. The predicted octanol–water partition coefficient (Wildman–Crippen LogP) is 1.33. The number of aliphatic carboxylic acids is 1. The minimum atomic E-state index is -0.928. The molecule has 0 saturated heterocycles. The van der Waals surface area contributed by atoms with Crippen LogP contribution < -0.4 is 0 Å². The Kier molecular flexibility index (Phi) is 4.40. The molecule has 0 spiro atoms. The summed E-state index contributed by atoms with van der Waals surface area (Å²) >= 11 is 0. The lowest BCUT2D eigenvalue weighted by molar-refractivity contribution is -0.137. The number of carboxylic acid groups (broad SMARTS) is 1. The van der Waals surface area contributed by atoms with Crippen LogP contribution in [0.25, 0.3) is 0 Å². The average Bonchev–Trinajstić information content (AvgIpc) is 2.01. The van der Waals surface area contributed by atoms with E-state index in [9.17, 15) is 9.59 Å². The molecule has 5 nitrogen and oxygen atoms in total. The SMILES string of the molecule is COC(=O)N(CCC(=O)O)C(C)(C)C. The van der Waals surface area contributed by atoms with E-state index in [1.54, 1.807) is 0 Å². The highest BCUT2D eigenvalue weighted by molar-refractivity contribution is 5.71. The fraction of sp³-hybridized carbons (Fsp3) is 0.778. The van der Waals surface area contributed by atoms with Crippen LogP contribution in [0.5, 0.6) is 0 Å². The number of rotatable bonds is 3. The summed E-state index contributed by atoms with van der Waals surface area (Å²) in [4.78, 5) is 23.0. The smallest absolute Gasteiger partial charge is 0.409 e. The Balaban J connectivity index is 4.41. The predicted molar refractivity (Wildman–Crippen MR) is 51.1 cm³/mol. The van der Waals surface area contributed by atoms with E-state index in [2.05, 4.69) is 4.74 Å². The van der Waals surface area contributed by atoms with Gasteiger partial charge in [0.25, 0.3) is 0 Å². The maximum atomic E-state index is 11.3. The molecule has 0 aliphatic carbocycles. The molecule has 0 saturated carbocycles. The Morgan fingerprint density at radius 3 is 2.14 bits per heavy atom. The monoisotopic (exact) mass is 203 g/mol. The molecule has 0 unspecified atom stereocenters. The zero-order valence-electron chi connectivity index (χ0n) is 9.03. The van der Waals surface area contributed by atoms with Crippen molar-refractivity contribution in [3.8, 4) is 0 Å². The Labute approximate surface area is 83.6 Å². The van der Waals surface area contributed by atoms with E-state index >= 15 is 0 Å². The first kappa shape index (κ1) is 12.7. The molecule has 0 bridgehead atoms. The highest BCUT2D eigenvalue weighted by Gasteiger charge is 2.27. The Morgan fingerprint density at radius 1 is 1.36 bits per heavy atom. The normalized spacial score (nSPS) is 10.9. The lowest BCUT2D eigenvalue weighted by Crippen LogP contribution is -2.46. The standard InChI is InChI=1S/C9H17NO4/c1-9(2,3)10(8(13)14-4)6-5-7(11)12/h5-6H2,1-4H3,(H,11,12). The highest BCUT2D eigenvalue weighted by Crippen LogP contribution is 2.14. The first-order valence-electron chi connectivity index (χ1n) is 4.36. The number of carbonyl (C=O) groups excluding carboxylic acids is 1. The molecule has 0 aromatic carbocycles. The number of methoxy groups -OCH3 is 1. The third-order valence-corrected chi connectivity index (χ3v) is 1.75. The molecule has 0 aromatic heterocycles. The van der Waals surface area contributed by atoms with E-state index in [0.29, 0.717) is 0 Å². The third kappa shape index (κ3) is 4.11. The molecule has 82 valence electrons. The Hall–Kier alpha value is -1.26. The minimum absolute atomic E-state index is 0.0770. The first-order valence-corrected chi connectivity index (χ1v) is 4.36. The van der Waals surface area contributed by atoms with Crippen LogP contribution in [0.2, 0.25) is 0 Å². The molecule has 0 aliphatic rings. The maximum absolute atomic E-state index is 11.3. The van der Waals surface area contributed by atoms with Crippen LogP contribution in [0.4, 0.5) is 4.79 Å². The summed E-state index contributed by atoms with van der Waals surface area (Å²) < 4.78 is 4.57. The van der Waals surface area contributed by atoms with Crippen LogP contribution in [0.3, 0.4) is 0 Å². The van der Waals surface area contributed by atoms with Gasteiger partial charge in [0.1, 0.15) is 0 Å². The molecule has 0 radical (unpaired) electrons. The van der Waals surface area contributed by atoms with Crippen molar-refractivity contribution in [3.63, 3.8) is 0 Å². The van der Waals surface area contributed by atoms with Gasteiger partial charge in [0.15, 0.2) is 0 Å². The summed E-state index contributed by atoms with van der Waals surface area (Å²) in [5.41, 5.74) is -0.428. The van der Waals surface area contributed by atoms with Gasteiger partial charge in [-0.15, -0.1) is 0 Å². The fourth-order valence-corrected chi connectivity index (χ4v) is 1.02. The van der Waals surface area contributed by atoms with Crippen LogP contribution in [-0.4, -0.2) is 41.3 Å². The fourth-order valence-electron chi connectivity index (χ4n) is 1.02. The van der Waals surface area contributed by atoms with Gasteiger partial charge in [0.05, 0.1) is 13.5 Å². The maximum Gasteiger partial charge on any atom is 0.409 e. The third-order valence-electron chi connectivity index (χ3n) is 1.75. The number of amides is 1. The van der Waals surface area contributed by atoms with Crippen molar-refractivity contribution in [2.45, 2.75) is 32.7 Å². The van der Waals surface area contributed by atoms with Crippen molar-refractivity contribution < 1.29 is 19.4 Å². The van der Waals surface area contributed by atoms with Crippen molar-refractivity contribution in [1.29, 1.82) is 0 Å². The topological polar surface area (TPSA) is 66.8 Å². The van der Waals surface area contributed by atoms with Crippen molar-refractivity contribution in [2.75, 3.05) is 13.7 Å². The van der Waals surface area contributed by atoms with Crippen molar-refractivity contribution >= 4 is 12.1 Å². The van der Waals surface area contributed by atoms with E-state index in [1.165, 1.54) is 12.0 Å². The lowest BCUT2D eigenvalue weighted by Gasteiger charge is -2.33. The van der Waals surface area contributed by atoms with Crippen LogP contribution >= 0.6 is 0 Å². The second-order valence-electron chi connectivity index (χ2n) is 3.94. The Morgan fingerprint density at radius 2 is 1.86 bits per heavy atom. The minimum Gasteiger partial charge on any atom is -0.481 e.